The van der Waals surface area contributed by atoms with Crippen molar-refractivity contribution in [2.75, 3.05) is 0 Å². The molecule has 0 nitrogen and oxygen atoms in total. The van der Waals surface area contributed by atoms with Crippen LogP contribution in [0.3, 0.4) is 0 Å². The molecule has 0 saturated heterocycles. The highest BCUT2D eigenvalue weighted by atomic mass is 35.5. The summed E-state index contributed by atoms with van der Waals surface area (Å²) >= 11 is 11.7. The van der Waals surface area contributed by atoms with Crippen molar-refractivity contribution in [1.29, 1.82) is 0 Å². The van der Waals surface area contributed by atoms with Crippen molar-refractivity contribution in [2.24, 2.45) is 0 Å². The van der Waals surface area contributed by atoms with Crippen molar-refractivity contribution >= 4 is 23.2 Å². The molecule has 0 fully saturated rings. The van der Waals surface area contributed by atoms with Crippen LogP contribution in [0.4, 0.5) is 4.39 Å². The van der Waals surface area contributed by atoms with Gasteiger partial charge in [-0.1, -0.05) is 47.5 Å². The lowest BCUT2D eigenvalue weighted by Crippen LogP contribution is -1.88. The third-order valence-electron chi connectivity index (χ3n) is 2.41. The summed E-state index contributed by atoms with van der Waals surface area (Å²) in [5.41, 5.74) is 2.25. The normalized spacial score (nSPS) is 10.4. The summed E-state index contributed by atoms with van der Waals surface area (Å²) in [4.78, 5) is 0. The Balaban J connectivity index is 2.55. The van der Waals surface area contributed by atoms with Crippen LogP contribution in [0.25, 0.3) is 11.1 Å². The Kier molecular flexibility index (Phi) is 3.47. The van der Waals surface area contributed by atoms with Gasteiger partial charge >= 0.3 is 0 Å². The second-order valence-electron chi connectivity index (χ2n) is 3.41. The van der Waals surface area contributed by atoms with E-state index in [1.165, 1.54) is 0 Å². The van der Waals surface area contributed by atoms with Gasteiger partial charge in [0.1, 0.15) is 6.67 Å². The fourth-order valence-corrected chi connectivity index (χ4v) is 1.95. The van der Waals surface area contributed by atoms with Crippen molar-refractivity contribution in [3.63, 3.8) is 0 Å². The van der Waals surface area contributed by atoms with Gasteiger partial charge in [0.15, 0.2) is 0 Å². The van der Waals surface area contributed by atoms with Crippen LogP contribution in [0.5, 0.6) is 0 Å². The molecule has 0 saturated carbocycles. The van der Waals surface area contributed by atoms with Crippen LogP contribution < -0.4 is 0 Å². The Hall–Kier alpha value is -1.05. The Labute approximate surface area is 104 Å². The fraction of sp³-hybridized carbons (Fsp3) is 0.0769. The molecule has 16 heavy (non-hydrogen) atoms. The van der Waals surface area contributed by atoms with E-state index in [0.29, 0.717) is 15.6 Å². The maximum Gasteiger partial charge on any atom is 0.117 e. The van der Waals surface area contributed by atoms with E-state index in [2.05, 4.69) is 0 Å². The summed E-state index contributed by atoms with van der Waals surface area (Å²) in [6.07, 6.45) is 0. The lowest BCUT2D eigenvalue weighted by molar-refractivity contribution is 0.486. The van der Waals surface area contributed by atoms with Crippen LogP contribution in [0.15, 0.2) is 42.5 Å². The molecule has 0 aliphatic heterocycles. The molecule has 0 atom stereocenters. The molecule has 0 amide bonds. The van der Waals surface area contributed by atoms with Crippen molar-refractivity contribution < 1.29 is 4.39 Å². The van der Waals surface area contributed by atoms with Gasteiger partial charge < -0.3 is 0 Å². The summed E-state index contributed by atoms with van der Waals surface area (Å²) in [6.45, 7) is -0.572. The van der Waals surface area contributed by atoms with Crippen LogP contribution in [0.1, 0.15) is 5.56 Å². The molecule has 2 aromatic carbocycles. The lowest BCUT2D eigenvalue weighted by atomic mass is 10.0. The number of hydrogen-bond acceptors (Lipinski definition) is 0. The molecule has 0 aliphatic rings. The monoisotopic (exact) mass is 254 g/mol. The average Bonchev–Trinajstić information content (AvgIpc) is 2.30. The van der Waals surface area contributed by atoms with E-state index in [1.807, 2.05) is 24.3 Å². The predicted molar refractivity (Wildman–Crippen MR) is 66.7 cm³/mol. The summed E-state index contributed by atoms with van der Waals surface area (Å²) < 4.78 is 12.9. The maximum atomic E-state index is 12.9. The molecule has 82 valence electrons. The van der Waals surface area contributed by atoms with Gasteiger partial charge in [-0.25, -0.2) is 4.39 Å². The first kappa shape index (κ1) is 11.4. The van der Waals surface area contributed by atoms with Crippen LogP contribution in [0.2, 0.25) is 10.0 Å². The molecule has 0 aliphatic carbocycles. The van der Waals surface area contributed by atoms with Crippen LogP contribution in [-0.2, 0) is 6.67 Å². The molecule has 0 aromatic heterocycles. The van der Waals surface area contributed by atoms with Gasteiger partial charge in [-0.05, 0) is 29.3 Å². The van der Waals surface area contributed by atoms with Gasteiger partial charge in [-0.15, -0.1) is 0 Å². The van der Waals surface area contributed by atoms with Crippen molar-refractivity contribution in [1.82, 2.24) is 0 Å². The van der Waals surface area contributed by atoms with Gasteiger partial charge in [-0.3, -0.25) is 0 Å². The Morgan fingerprint density at radius 2 is 1.62 bits per heavy atom. The molecule has 3 heteroatoms. The highest BCUT2D eigenvalue weighted by molar-refractivity contribution is 6.32. The molecule has 2 rings (SSSR count). The van der Waals surface area contributed by atoms with Crippen LogP contribution in [0, 0.1) is 0 Å². The third kappa shape index (κ3) is 2.21. The van der Waals surface area contributed by atoms with Gasteiger partial charge in [0, 0.05) is 15.6 Å². The zero-order valence-electron chi connectivity index (χ0n) is 8.38. The Morgan fingerprint density at radius 3 is 2.25 bits per heavy atom. The first-order valence-corrected chi connectivity index (χ1v) is 5.57. The molecular weight excluding hydrogens is 246 g/mol. The fourth-order valence-electron chi connectivity index (χ4n) is 1.59. The van der Waals surface area contributed by atoms with Crippen LogP contribution in [-0.4, -0.2) is 0 Å². The topological polar surface area (TPSA) is 0 Å². The number of rotatable bonds is 2. The molecule has 0 bridgehead atoms. The Bertz CT molecular complexity index is 492. The van der Waals surface area contributed by atoms with E-state index in [0.717, 1.165) is 11.1 Å². The lowest BCUT2D eigenvalue weighted by Gasteiger charge is -2.08. The van der Waals surface area contributed by atoms with Crippen molar-refractivity contribution in [2.45, 2.75) is 6.67 Å². The molecule has 0 unspecified atom stereocenters. The molecular formula is C13H9Cl2F. The summed E-state index contributed by atoms with van der Waals surface area (Å²) in [7, 11) is 0. The standard InChI is InChI=1S/C13H9Cl2F/c14-10-6-4-9(5-7-10)11-2-1-3-13(15)12(11)8-16/h1-7H,8H2. The quantitative estimate of drug-likeness (QED) is 0.697. The average molecular weight is 255 g/mol. The number of halogens is 3. The minimum Gasteiger partial charge on any atom is -0.246 e. The minimum atomic E-state index is -0.572. The maximum absolute atomic E-state index is 12.9. The second-order valence-corrected chi connectivity index (χ2v) is 4.25. The van der Waals surface area contributed by atoms with Crippen molar-refractivity contribution in [3.8, 4) is 11.1 Å². The van der Waals surface area contributed by atoms with E-state index < -0.39 is 6.67 Å². The van der Waals surface area contributed by atoms with Gasteiger partial charge in [0.05, 0.1) is 0 Å². The SMILES string of the molecule is FCc1c(Cl)cccc1-c1ccc(Cl)cc1. The molecule has 0 heterocycles. The van der Waals surface area contributed by atoms with Gasteiger partial charge in [0.2, 0.25) is 0 Å². The highest BCUT2D eigenvalue weighted by Crippen LogP contribution is 2.30. The molecule has 0 spiro atoms. The van der Waals surface area contributed by atoms with Gasteiger partial charge in [0.25, 0.3) is 0 Å². The molecule has 0 N–H and O–H groups in total. The van der Waals surface area contributed by atoms with Gasteiger partial charge in [-0.2, -0.15) is 0 Å². The summed E-state index contributed by atoms with van der Waals surface area (Å²) in [6, 6.07) is 12.6. The zero-order valence-corrected chi connectivity index (χ0v) is 9.89. The van der Waals surface area contributed by atoms with Crippen LogP contribution >= 0.6 is 23.2 Å². The predicted octanol–water partition coefficient (Wildman–Crippen LogP) is 5.13. The molecule has 0 radical (unpaired) electrons. The van der Waals surface area contributed by atoms with E-state index in [4.69, 9.17) is 23.2 Å². The Morgan fingerprint density at radius 1 is 0.938 bits per heavy atom. The second kappa shape index (κ2) is 4.86. The van der Waals surface area contributed by atoms with E-state index >= 15 is 0 Å². The zero-order chi connectivity index (χ0) is 11.5. The highest BCUT2D eigenvalue weighted by Gasteiger charge is 2.08. The van der Waals surface area contributed by atoms with E-state index in [1.54, 1.807) is 18.2 Å². The van der Waals surface area contributed by atoms with E-state index in [-0.39, 0.29) is 0 Å². The largest absolute Gasteiger partial charge is 0.246 e. The smallest absolute Gasteiger partial charge is 0.117 e. The third-order valence-corrected chi connectivity index (χ3v) is 3.01. The number of hydrogen-bond donors (Lipinski definition) is 0. The summed E-state index contributed by atoms with van der Waals surface area (Å²) in [5, 5.41) is 1.11. The first-order chi connectivity index (χ1) is 7.72. The minimum absolute atomic E-state index is 0.454. The molecule has 2 aromatic rings. The summed E-state index contributed by atoms with van der Waals surface area (Å²) in [5.74, 6) is 0. The number of alkyl halides is 1. The first-order valence-electron chi connectivity index (χ1n) is 4.81. The van der Waals surface area contributed by atoms with Crippen molar-refractivity contribution in [3.05, 3.63) is 58.1 Å². The van der Waals surface area contributed by atoms with E-state index in [9.17, 15) is 4.39 Å². The number of benzene rings is 2.